The van der Waals surface area contributed by atoms with E-state index in [0.717, 1.165) is 16.7 Å². The molecule has 1 N–H and O–H groups in total. The molecular formula is C21H21ClN2O4S. The van der Waals surface area contributed by atoms with Crippen LogP contribution in [0.15, 0.2) is 52.9 Å². The maximum atomic E-state index is 12.4. The number of carbonyl (C=O) groups is 1. The Hall–Kier alpha value is -2.64. The predicted molar refractivity (Wildman–Crippen MR) is 112 cm³/mol. The van der Waals surface area contributed by atoms with Gasteiger partial charge in [0, 0.05) is 17.1 Å². The molecule has 0 radical (unpaired) electrons. The van der Waals surface area contributed by atoms with Crippen molar-refractivity contribution in [1.82, 2.24) is 10.3 Å². The lowest BCUT2D eigenvalue weighted by molar-refractivity contribution is -0.118. The standard InChI is InChI=1S/C21H21ClN2O4S/c1-14-3-7-17(8-4-14)21-24-19(15(2)28-21)12-29(26,27)13-20(25)23-11-16-5-9-18(22)10-6-16/h3-10H,11-13H2,1-2H3,(H,23,25). The summed E-state index contributed by atoms with van der Waals surface area (Å²) in [5, 5.41) is 3.20. The van der Waals surface area contributed by atoms with E-state index in [1.807, 2.05) is 31.2 Å². The van der Waals surface area contributed by atoms with Gasteiger partial charge in [0.2, 0.25) is 11.8 Å². The van der Waals surface area contributed by atoms with E-state index < -0.39 is 21.5 Å². The number of nitrogens with zero attached hydrogens (tertiary/aromatic N) is 1. The zero-order valence-electron chi connectivity index (χ0n) is 16.1. The number of benzene rings is 2. The highest BCUT2D eigenvalue weighted by Gasteiger charge is 2.22. The zero-order valence-corrected chi connectivity index (χ0v) is 17.7. The average molecular weight is 433 g/mol. The third-order valence-corrected chi connectivity index (χ3v) is 5.97. The highest BCUT2D eigenvalue weighted by molar-refractivity contribution is 7.91. The molecule has 0 fully saturated rings. The van der Waals surface area contributed by atoms with E-state index in [1.54, 1.807) is 31.2 Å². The topological polar surface area (TPSA) is 89.3 Å². The molecule has 0 spiro atoms. The summed E-state index contributed by atoms with van der Waals surface area (Å²) in [5.74, 6) is -0.763. The molecule has 6 nitrogen and oxygen atoms in total. The smallest absolute Gasteiger partial charge is 0.235 e. The highest BCUT2D eigenvalue weighted by atomic mass is 35.5. The summed E-state index contributed by atoms with van der Waals surface area (Å²) < 4.78 is 30.5. The van der Waals surface area contributed by atoms with Crippen molar-refractivity contribution in [3.8, 4) is 11.5 Å². The minimum atomic E-state index is -3.70. The Bertz CT molecular complexity index is 1100. The van der Waals surface area contributed by atoms with Crippen molar-refractivity contribution < 1.29 is 17.6 Å². The minimum absolute atomic E-state index is 0.228. The average Bonchev–Trinajstić information content (AvgIpc) is 3.01. The van der Waals surface area contributed by atoms with Crippen molar-refractivity contribution in [2.24, 2.45) is 0 Å². The number of carbonyl (C=O) groups excluding carboxylic acids is 1. The summed E-state index contributed by atoms with van der Waals surface area (Å²) >= 11 is 5.82. The molecule has 0 atom stereocenters. The van der Waals surface area contributed by atoms with Crippen LogP contribution in [0.5, 0.6) is 0 Å². The van der Waals surface area contributed by atoms with E-state index in [1.165, 1.54) is 0 Å². The zero-order chi connectivity index (χ0) is 21.0. The molecule has 0 saturated heterocycles. The molecule has 0 saturated carbocycles. The first kappa shape index (κ1) is 21.1. The quantitative estimate of drug-likeness (QED) is 0.612. The van der Waals surface area contributed by atoms with Crippen LogP contribution < -0.4 is 5.32 Å². The Kier molecular flexibility index (Phi) is 6.39. The molecule has 29 heavy (non-hydrogen) atoms. The fourth-order valence-corrected chi connectivity index (χ4v) is 4.11. The summed E-state index contributed by atoms with van der Waals surface area (Å²) in [6, 6.07) is 14.5. The van der Waals surface area contributed by atoms with E-state index >= 15 is 0 Å². The number of hydrogen-bond donors (Lipinski definition) is 1. The summed E-state index contributed by atoms with van der Waals surface area (Å²) in [6.07, 6.45) is 0. The predicted octanol–water partition coefficient (Wildman–Crippen LogP) is 3.84. The molecule has 152 valence electrons. The van der Waals surface area contributed by atoms with Gasteiger partial charge in [-0.15, -0.1) is 0 Å². The number of oxazole rings is 1. The number of aryl methyl sites for hydroxylation is 2. The second kappa shape index (κ2) is 8.80. The molecule has 1 amide bonds. The van der Waals surface area contributed by atoms with Crippen LogP contribution in [-0.2, 0) is 26.9 Å². The van der Waals surface area contributed by atoms with E-state index in [-0.39, 0.29) is 12.3 Å². The molecule has 3 aromatic rings. The number of amides is 1. The molecular weight excluding hydrogens is 412 g/mol. The lowest BCUT2D eigenvalue weighted by Crippen LogP contribution is -2.30. The Balaban J connectivity index is 1.62. The minimum Gasteiger partial charge on any atom is -0.441 e. The first-order valence-corrected chi connectivity index (χ1v) is 11.2. The molecule has 0 aliphatic rings. The van der Waals surface area contributed by atoms with Crippen LogP contribution in [0.25, 0.3) is 11.5 Å². The summed E-state index contributed by atoms with van der Waals surface area (Å²) in [5.41, 5.74) is 3.01. The van der Waals surface area contributed by atoms with Gasteiger partial charge in [-0.25, -0.2) is 13.4 Å². The Morgan fingerprint density at radius 1 is 1.07 bits per heavy atom. The number of aromatic nitrogens is 1. The Morgan fingerprint density at radius 3 is 2.38 bits per heavy atom. The van der Waals surface area contributed by atoms with Gasteiger partial charge >= 0.3 is 0 Å². The van der Waals surface area contributed by atoms with Gasteiger partial charge in [0.1, 0.15) is 11.5 Å². The van der Waals surface area contributed by atoms with E-state index in [2.05, 4.69) is 10.3 Å². The number of hydrogen-bond acceptors (Lipinski definition) is 5. The molecule has 8 heteroatoms. The maximum Gasteiger partial charge on any atom is 0.235 e. The maximum absolute atomic E-state index is 12.4. The van der Waals surface area contributed by atoms with Crippen LogP contribution in [0.2, 0.25) is 5.02 Å². The van der Waals surface area contributed by atoms with Gasteiger partial charge in [-0.2, -0.15) is 0 Å². The molecule has 0 unspecified atom stereocenters. The van der Waals surface area contributed by atoms with Crippen molar-refractivity contribution >= 4 is 27.3 Å². The van der Waals surface area contributed by atoms with E-state index in [9.17, 15) is 13.2 Å². The Labute approximate surface area is 174 Å². The third-order valence-electron chi connectivity index (χ3n) is 4.30. The van der Waals surface area contributed by atoms with Crippen LogP contribution in [0, 0.1) is 13.8 Å². The van der Waals surface area contributed by atoms with Crippen molar-refractivity contribution in [2.45, 2.75) is 26.1 Å². The number of rotatable bonds is 7. The van der Waals surface area contributed by atoms with Crippen LogP contribution >= 0.6 is 11.6 Å². The fraction of sp³-hybridized carbons (Fsp3) is 0.238. The molecule has 1 aromatic heterocycles. The normalized spacial score (nSPS) is 11.4. The lowest BCUT2D eigenvalue weighted by Gasteiger charge is -2.06. The number of sulfone groups is 1. The van der Waals surface area contributed by atoms with Gasteiger partial charge in [-0.3, -0.25) is 4.79 Å². The summed E-state index contributed by atoms with van der Waals surface area (Å²) in [7, 11) is -3.70. The van der Waals surface area contributed by atoms with Crippen molar-refractivity contribution in [3.05, 3.63) is 76.1 Å². The van der Waals surface area contributed by atoms with Gasteiger partial charge in [0.05, 0.1) is 11.4 Å². The summed E-state index contributed by atoms with van der Waals surface area (Å²) in [4.78, 5) is 16.4. The first-order valence-electron chi connectivity index (χ1n) is 8.97. The van der Waals surface area contributed by atoms with Gasteiger partial charge in [0.25, 0.3) is 0 Å². The molecule has 3 rings (SSSR count). The SMILES string of the molecule is Cc1ccc(-c2nc(CS(=O)(=O)CC(=O)NCc3ccc(Cl)cc3)c(C)o2)cc1. The van der Waals surface area contributed by atoms with E-state index in [4.69, 9.17) is 16.0 Å². The van der Waals surface area contributed by atoms with Gasteiger partial charge in [0.15, 0.2) is 9.84 Å². The van der Waals surface area contributed by atoms with Crippen molar-refractivity contribution in [1.29, 1.82) is 0 Å². The second-order valence-electron chi connectivity index (χ2n) is 6.82. The first-order chi connectivity index (χ1) is 13.7. The van der Waals surface area contributed by atoms with Crippen molar-refractivity contribution in [2.75, 3.05) is 5.75 Å². The highest BCUT2D eigenvalue weighted by Crippen LogP contribution is 2.23. The fourth-order valence-electron chi connectivity index (χ4n) is 2.69. The molecule has 0 bridgehead atoms. The number of halogens is 1. The molecule has 2 aromatic carbocycles. The molecule has 1 heterocycles. The largest absolute Gasteiger partial charge is 0.441 e. The van der Waals surface area contributed by atoms with Gasteiger partial charge < -0.3 is 9.73 Å². The second-order valence-corrected chi connectivity index (χ2v) is 9.32. The van der Waals surface area contributed by atoms with Gasteiger partial charge in [-0.05, 0) is 43.7 Å². The van der Waals surface area contributed by atoms with Crippen LogP contribution in [-0.4, -0.2) is 25.1 Å². The van der Waals surface area contributed by atoms with Gasteiger partial charge in [-0.1, -0.05) is 41.4 Å². The van der Waals surface area contributed by atoms with Crippen molar-refractivity contribution in [3.63, 3.8) is 0 Å². The van der Waals surface area contributed by atoms with E-state index in [0.29, 0.717) is 22.4 Å². The number of nitrogens with one attached hydrogen (secondary N) is 1. The molecule has 0 aliphatic heterocycles. The molecule has 0 aliphatic carbocycles. The van der Waals surface area contributed by atoms with Crippen LogP contribution in [0.1, 0.15) is 22.6 Å². The lowest BCUT2D eigenvalue weighted by atomic mass is 10.1. The van der Waals surface area contributed by atoms with Crippen LogP contribution in [0.3, 0.4) is 0 Å². The Morgan fingerprint density at radius 2 is 1.72 bits per heavy atom. The van der Waals surface area contributed by atoms with Crippen LogP contribution in [0.4, 0.5) is 0 Å². The summed E-state index contributed by atoms with van der Waals surface area (Å²) in [6.45, 7) is 3.86. The monoisotopic (exact) mass is 432 g/mol. The third kappa shape index (κ3) is 5.92.